The van der Waals surface area contributed by atoms with Crippen LogP contribution in [0.25, 0.3) is 11.3 Å². The molecule has 0 bridgehead atoms. The molecule has 88 valence electrons. The smallest absolute Gasteiger partial charge is 0.0599 e. The number of halogens is 2. The van der Waals surface area contributed by atoms with E-state index >= 15 is 0 Å². The Hall–Kier alpha value is -0.960. The zero-order valence-electron chi connectivity index (χ0n) is 9.19. The van der Waals surface area contributed by atoms with E-state index < -0.39 is 0 Å². The highest BCUT2D eigenvalue weighted by molar-refractivity contribution is 6.42. The SMILES string of the molecule is Clc1ccc(-c2cc3c([nH]2)CCNC3)cc1Cl. The Balaban J connectivity index is 2.03. The maximum atomic E-state index is 6.03. The lowest BCUT2D eigenvalue weighted by Crippen LogP contribution is -2.22. The molecule has 0 fully saturated rings. The van der Waals surface area contributed by atoms with Crippen LogP contribution in [0, 0.1) is 0 Å². The van der Waals surface area contributed by atoms with Crippen LogP contribution in [0.2, 0.25) is 10.0 Å². The molecule has 0 radical (unpaired) electrons. The van der Waals surface area contributed by atoms with Crippen molar-refractivity contribution in [2.75, 3.05) is 6.54 Å². The molecule has 2 aromatic rings. The van der Waals surface area contributed by atoms with Gasteiger partial charge in [0.15, 0.2) is 0 Å². The summed E-state index contributed by atoms with van der Waals surface area (Å²) in [5.74, 6) is 0. The zero-order chi connectivity index (χ0) is 11.8. The first kappa shape index (κ1) is 11.1. The number of H-pyrrole nitrogens is 1. The van der Waals surface area contributed by atoms with Gasteiger partial charge in [-0.2, -0.15) is 0 Å². The van der Waals surface area contributed by atoms with E-state index in [0.29, 0.717) is 10.0 Å². The van der Waals surface area contributed by atoms with Crippen LogP contribution in [-0.4, -0.2) is 11.5 Å². The second-order valence-corrected chi connectivity index (χ2v) is 5.06. The molecular formula is C13H12Cl2N2. The monoisotopic (exact) mass is 266 g/mol. The highest BCUT2D eigenvalue weighted by Crippen LogP contribution is 2.29. The van der Waals surface area contributed by atoms with Crippen molar-refractivity contribution in [2.45, 2.75) is 13.0 Å². The summed E-state index contributed by atoms with van der Waals surface area (Å²) in [6, 6.07) is 7.89. The van der Waals surface area contributed by atoms with Crippen molar-refractivity contribution in [3.63, 3.8) is 0 Å². The summed E-state index contributed by atoms with van der Waals surface area (Å²) in [5, 5.41) is 4.54. The molecule has 1 aliphatic rings. The Morgan fingerprint density at radius 3 is 2.71 bits per heavy atom. The van der Waals surface area contributed by atoms with Gasteiger partial charge in [-0.25, -0.2) is 0 Å². The average molecular weight is 267 g/mol. The van der Waals surface area contributed by atoms with Crippen LogP contribution in [0.15, 0.2) is 24.3 Å². The number of fused-ring (bicyclic) bond motifs is 1. The molecule has 0 amide bonds. The lowest BCUT2D eigenvalue weighted by Gasteiger charge is -2.11. The van der Waals surface area contributed by atoms with Gasteiger partial charge in [0, 0.05) is 30.9 Å². The molecule has 4 heteroatoms. The van der Waals surface area contributed by atoms with Gasteiger partial charge in [0.25, 0.3) is 0 Å². The van der Waals surface area contributed by atoms with Gasteiger partial charge in [0.05, 0.1) is 10.0 Å². The number of aromatic amines is 1. The van der Waals surface area contributed by atoms with E-state index in [4.69, 9.17) is 23.2 Å². The minimum absolute atomic E-state index is 0.591. The fourth-order valence-electron chi connectivity index (χ4n) is 2.18. The summed E-state index contributed by atoms with van der Waals surface area (Å²) in [6.07, 6.45) is 1.05. The van der Waals surface area contributed by atoms with E-state index in [1.165, 1.54) is 11.3 Å². The zero-order valence-corrected chi connectivity index (χ0v) is 10.7. The largest absolute Gasteiger partial charge is 0.358 e. The first-order valence-electron chi connectivity index (χ1n) is 5.61. The topological polar surface area (TPSA) is 27.8 Å². The molecule has 1 aromatic heterocycles. The maximum Gasteiger partial charge on any atom is 0.0599 e. The summed E-state index contributed by atoms with van der Waals surface area (Å²) in [4.78, 5) is 3.45. The van der Waals surface area contributed by atoms with Gasteiger partial charge in [-0.05, 0) is 29.3 Å². The van der Waals surface area contributed by atoms with Crippen LogP contribution in [0.5, 0.6) is 0 Å². The van der Waals surface area contributed by atoms with Gasteiger partial charge in [-0.1, -0.05) is 29.3 Å². The summed E-state index contributed by atoms with van der Waals surface area (Å²) < 4.78 is 0. The maximum absolute atomic E-state index is 6.03. The van der Waals surface area contributed by atoms with Crippen LogP contribution >= 0.6 is 23.2 Å². The van der Waals surface area contributed by atoms with Crippen molar-refractivity contribution >= 4 is 23.2 Å². The van der Waals surface area contributed by atoms with Crippen LogP contribution in [0.1, 0.15) is 11.3 Å². The number of hydrogen-bond acceptors (Lipinski definition) is 1. The van der Waals surface area contributed by atoms with Crippen molar-refractivity contribution in [1.82, 2.24) is 10.3 Å². The second kappa shape index (κ2) is 4.37. The van der Waals surface area contributed by atoms with E-state index in [1.807, 2.05) is 18.2 Å². The fraction of sp³-hybridized carbons (Fsp3) is 0.231. The number of rotatable bonds is 1. The molecule has 0 saturated heterocycles. The number of aromatic nitrogens is 1. The second-order valence-electron chi connectivity index (χ2n) is 4.24. The van der Waals surface area contributed by atoms with Gasteiger partial charge in [0.2, 0.25) is 0 Å². The average Bonchev–Trinajstić information content (AvgIpc) is 2.76. The molecular weight excluding hydrogens is 255 g/mol. The summed E-state index contributed by atoms with van der Waals surface area (Å²) in [6.45, 7) is 1.97. The van der Waals surface area contributed by atoms with Crippen molar-refractivity contribution in [2.24, 2.45) is 0 Å². The molecule has 0 atom stereocenters. The highest BCUT2D eigenvalue weighted by atomic mass is 35.5. The van der Waals surface area contributed by atoms with E-state index in [1.54, 1.807) is 0 Å². The van der Waals surface area contributed by atoms with Gasteiger partial charge < -0.3 is 10.3 Å². The van der Waals surface area contributed by atoms with Crippen molar-refractivity contribution in [3.05, 3.63) is 45.6 Å². The fourth-order valence-corrected chi connectivity index (χ4v) is 2.47. The highest BCUT2D eigenvalue weighted by Gasteiger charge is 2.13. The molecule has 2 N–H and O–H groups in total. The third-order valence-corrected chi connectivity index (χ3v) is 3.83. The molecule has 2 nitrogen and oxygen atoms in total. The van der Waals surface area contributed by atoms with Crippen LogP contribution in [0.4, 0.5) is 0 Å². The summed E-state index contributed by atoms with van der Waals surface area (Å²) in [5.41, 5.74) is 4.85. The van der Waals surface area contributed by atoms with E-state index in [-0.39, 0.29) is 0 Å². The Morgan fingerprint density at radius 1 is 1.06 bits per heavy atom. The molecule has 0 unspecified atom stereocenters. The first-order valence-corrected chi connectivity index (χ1v) is 6.36. The molecule has 3 rings (SSSR count). The standard InChI is InChI=1S/C13H12Cl2N2/c14-10-2-1-8(5-11(10)15)13-6-9-7-16-4-3-12(9)17-13/h1-2,5-6,16-17H,3-4,7H2. The van der Waals surface area contributed by atoms with E-state index in [2.05, 4.69) is 16.4 Å². The molecule has 2 heterocycles. The molecule has 0 saturated carbocycles. The minimum Gasteiger partial charge on any atom is -0.358 e. The van der Waals surface area contributed by atoms with Crippen molar-refractivity contribution in [3.8, 4) is 11.3 Å². The molecule has 1 aromatic carbocycles. The third kappa shape index (κ3) is 2.08. The minimum atomic E-state index is 0.591. The number of nitrogens with one attached hydrogen (secondary N) is 2. The molecule has 0 aliphatic carbocycles. The van der Waals surface area contributed by atoms with Crippen molar-refractivity contribution in [1.29, 1.82) is 0 Å². The van der Waals surface area contributed by atoms with Crippen LogP contribution in [-0.2, 0) is 13.0 Å². The van der Waals surface area contributed by atoms with Gasteiger partial charge in [-0.15, -0.1) is 0 Å². The predicted octanol–water partition coefficient (Wildman–Crippen LogP) is 3.63. The van der Waals surface area contributed by atoms with Gasteiger partial charge in [0.1, 0.15) is 0 Å². The molecule has 1 aliphatic heterocycles. The number of benzene rings is 1. The number of hydrogen-bond donors (Lipinski definition) is 2. The lowest BCUT2D eigenvalue weighted by molar-refractivity contribution is 0.638. The van der Waals surface area contributed by atoms with E-state index in [0.717, 1.165) is 30.8 Å². The lowest BCUT2D eigenvalue weighted by atomic mass is 10.1. The molecule has 0 spiro atoms. The van der Waals surface area contributed by atoms with Crippen LogP contribution in [0.3, 0.4) is 0 Å². The first-order chi connectivity index (χ1) is 8.24. The Labute approximate surface area is 110 Å². The van der Waals surface area contributed by atoms with Crippen molar-refractivity contribution < 1.29 is 0 Å². The van der Waals surface area contributed by atoms with Gasteiger partial charge in [-0.3, -0.25) is 0 Å². The Bertz CT molecular complexity index is 537. The third-order valence-electron chi connectivity index (χ3n) is 3.09. The van der Waals surface area contributed by atoms with Crippen LogP contribution < -0.4 is 5.32 Å². The Morgan fingerprint density at radius 2 is 1.94 bits per heavy atom. The normalized spacial score (nSPS) is 14.7. The summed E-state index contributed by atoms with van der Waals surface area (Å²) in [7, 11) is 0. The molecule has 17 heavy (non-hydrogen) atoms. The van der Waals surface area contributed by atoms with Gasteiger partial charge >= 0.3 is 0 Å². The summed E-state index contributed by atoms with van der Waals surface area (Å²) >= 11 is 11.9. The Kier molecular flexibility index (Phi) is 2.87. The quantitative estimate of drug-likeness (QED) is 0.811. The predicted molar refractivity (Wildman–Crippen MR) is 71.7 cm³/mol. The van der Waals surface area contributed by atoms with E-state index in [9.17, 15) is 0 Å².